The van der Waals surface area contributed by atoms with Crippen LogP contribution in [-0.2, 0) is 9.59 Å². The largest absolute Gasteiger partial charge is 0.481 e. The van der Waals surface area contributed by atoms with Gasteiger partial charge in [-0.05, 0) is 23.3 Å². The fourth-order valence-corrected chi connectivity index (χ4v) is 2.46. The number of nitrogens with one attached hydrogen (secondary N) is 1. The standard InChI is InChI=1S/C21H21N3O3/c22-23-15-17-12-10-16(11-13-17)6-4-5-9-20(25)24-19(14-21(26)27)18-7-2-1-3-8-18/h1-3,7-8,10-13,15,19H,5,9,14,22H2,(H,24,25)(H,26,27). The highest BCUT2D eigenvalue weighted by Crippen LogP contribution is 2.16. The third-order valence-electron chi connectivity index (χ3n) is 3.76. The van der Waals surface area contributed by atoms with Gasteiger partial charge in [0.25, 0.3) is 0 Å². The monoisotopic (exact) mass is 363 g/mol. The molecule has 2 rings (SSSR count). The van der Waals surface area contributed by atoms with E-state index in [0.717, 1.165) is 16.7 Å². The van der Waals surface area contributed by atoms with Gasteiger partial charge in [-0.1, -0.05) is 54.3 Å². The zero-order valence-corrected chi connectivity index (χ0v) is 14.8. The molecule has 0 radical (unpaired) electrons. The molecule has 0 aliphatic carbocycles. The van der Waals surface area contributed by atoms with Crippen molar-refractivity contribution >= 4 is 18.1 Å². The number of amides is 1. The molecule has 0 bridgehead atoms. The predicted octanol–water partition coefficient (Wildman–Crippen LogP) is 2.44. The molecule has 0 aliphatic heterocycles. The maximum Gasteiger partial charge on any atom is 0.305 e. The van der Waals surface area contributed by atoms with Gasteiger partial charge >= 0.3 is 5.97 Å². The Balaban J connectivity index is 1.88. The molecule has 0 spiro atoms. The Kier molecular flexibility index (Phi) is 7.61. The summed E-state index contributed by atoms with van der Waals surface area (Å²) >= 11 is 0. The quantitative estimate of drug-likeness (QED) is 0.304. The van der Waals surface area contributed by atoms with Crippen LogP contribution in [0.25, 0.3) is 0 Å². The Morgan fingerprint density at radius 1 is 1.15 bits per heavy atom. The number of carbonyl (C=O) groups excluding carboxylic acids is 1. The molecule has 138 valence electrons. The predicted molar refractivity (Wildman–Crippen MR) is 104 cm³/mol. The number of nitrogens with two attached hydrogens (primary N) is 1. The normalized spacial score (nSPS) is 11.4. The van der Waals surface area contributed by atoms with Gasteiger partial charge in [0, 0.05) is 18.4 Å². The Labute approximate surface area is 158 Å². The van der Waals surface area contributed by atoms with Gasteiger partial charge in [-0.15, -0.1) is 0 Å². The SMILES string of the molecule is NN=Cc1ccc(C#CCCC(=O)NC(CC(=O)O)c2ccccc2)cc1. The lowest BCUT2D eigenvalue weighted by molar-refractivity contribution is -0.137. The molecule has 0 saturated heterocycles. The number of hydrogen-bond donors (Lipinski definition) is 3. The molecule has 0 aromatic heterocycles. The second-order valence-electron chi connectivity index (χ2n) is 5.83. The van der Waals surface area contributed by atoms with E-state index in [1.807, 2.05) is 42.5 Å². The van der Waals surface area contributed by atoms with Gasteiger partial charge in [0.15, 0.2) is 0 Å². The van der Waals surface area contributed by atoms with Crippen molar-refractivity contribution in [3.63, 3.8) is 0 Å². The molecule has 1 amide bonds. The topological polar surface area (TPSA) is 105 Å². The van der Waals surface area contributed by atoms with Crippen molar-refractivity contribution in [3.05, 3.63) is 71.3 Å². The van der Waals surface area contributed by atoms with Crippen LogP contribution in [0.5, 0.6) is 0 Å². The third kappa shape index (κ3) is 7.04. The summed E-state index contributed by atoms with van der Waals surface area (Å²) in [6.45, 7) is 0. The summed E-state index contributed by atoms with van der Waals surface area (Å²) in [5, 5.41) is 15.3. The van der Waals surface area contributed by atoms with Gasteiger partial charge in [0.2, 0.25) is 5.91 Å². The average molecular weight is 363 g/mol. The van der Waals surface area contributed by atoms with Crippen LogP contribution in [0.15, 0.2) is 59.7 Å². The number of nitrogens with zero attached hydrogens (tertiary/aromatic N) is 1. The molecule has 0 fully saturated rings. The smallest absolute Gasteiger partial charge is 0.305 e. The lowest BCUT2D eigenvalue weighted by Gasteiger charge is -2.17. The maximum atomic E-state index is 12.1. The molecule has 0 heterocycles. The molecule has 0 aliphatic rings. The summed E-state index contributed by atoms with van der Waals surface area (Å²) in [5.41, 5.74) is 2.48. The second kappa shape index (κ2) is 10.4. The summed E-state index contributed by atoms with van der Waals surface area (Å²) in [6, 6.07) is 15.9. The fraction of sp³-hybridized carbons (Fsp3) is 0.190. The van der Waals surface area contributed by atoms with Gasteiger partial charge < -0.3 is 16.3 Å². The van der Waals surface area contributed by atoms with Crippen molar-refractivity contribution in [1.29, 1.82) is 0 Å². The minimum atomic E-state index is -0.966. The first kappa shape index (κ1) is 19.7. The minimum absolute atomic E-state index is 0.167. The average Bonchev–Trinajstić information content (AvgIpc) is 2.66. The number of carboxylic acid groups (broad SMARTS) is 1. The van der Waals surface area contributed by atoms with E-state index in [1.165, 1.54) is 0 Å². The van der Waals surface area contributed by atoms with Crippen LogP contribution < -0.4 is 11.2 Å². The lowest BCUT2D eigenvalue weighted by atomic mass is 10.0. The molecule has 27 heavy (non-hydrogen) atoms. The van der Waals surface area contributed by atoms with Crippen LogP contribution >= 0.6 is 0 Å². The summed E-state index contributed by atoms with van der Waals surface area (Å²) in [6.07, 6.45) is 1.96. The van der Waals surface area contributed by atoms with Crippen molar-refractivity contribution in [2.24, 2.45) is 10.9 Å². The van der Waals surface area contributed by atoms with Crippen molar-refractivity contribution in [2.45, 2.75) is 25.3 Å². The molecule has 6 heteroatoms. The van der Waals surface area contributed by atoms with E-state index in [0.29, 0.717) is 6.42 Å². The highest BCUT2D eigenvalue weighted by molar-refractivity contribution is 5.79. The molecule has 0 saturated carbocycles. The first-order valence-corrected chi connectivity index (χ1v) is 8.47. The molecule has 6 nitrogen and oxygen atoms in total. The van der Waals surface area contributed by atoms with Gasteiger partial charge in [0.1, 0.15) is 0 Å². The Morgan fingerprint density at radius 3 is 2.48 bits per heavy atom. The second-order valence-corrected chi connectivity index (χ2v) is 5.83. The van der Waals surface area contributed by atoms with Crippen LogP contribution in [0.2, 0.25) is 0 Å². The Bertz CT molecular complexity index is 850. The fourth-order valence-electron chi connectivity index (χ4n) is 2.46. The third-order valence-corrected chi connectivity index (χ3v) is 3.76. The van der Waals surface area contributed by atoms with Crippen molar-refractivity contribution in [2.75, 3.05) is 0 Å². The molecular formula is C21H21N3O3. The van der Waals surface area contributed by atoms with E-state index in [-0.39, 0.29) is 18.7 Å². The molecular weight excluding hydrogens is 342 g/mol. The number of rotatable bonds is 7. The zero-order valence-electron chi connectivity index (χ0n) is 14.8. The molecule has 1 atom stereocenters. The molecule has 4 N–H and O–H groups in total. The zero-order chi connectivity index (χ0) is 19.5. The summed E-state index contributed by atoms with van der Waals surface area (Å²) in [4.78, 5) is 23.2. The van der Waals surface area contributed by atoms with Gasteiger partial charge in [0.05, 0.1) is 18.7 Å². The number of benzene rings is 2. The van der Waals surface area contributed by atoms with Crippen LogP contribution in [0.1, 0.15) is 42.0 Å². The van der Waals surface area contributed by atoms with E-state index in [1.54, 1.807) is 18.3 Å². The first-order chi connectivity index (χ1) is 13.1. The van der Waals surface area contributed by atoms with Gasteiger partial charge in [-0.3, -0.25) is 9.59 Å². The van der Waals surface area contributed by atoms with E-state index in [9.17, 15) is 9.59 Å². The molecule has 2 aromatic rings. The van der Waals surface area contributed by atoms with Crippen LogP contribution in [0.3, 0.4) is 0 Å². The summed E-state index contributed by atoms with van der Waals surface area (Å²) < 4.78 is 0. The number of aliphatic carboxylic acids is 1. The maximum absolute atomic E-state index is 12.1. The van der Waals surface area contributed by atoms with Gasteiger partial charge in [-0.2, -0.15) is 5.10 Å². The number of hydrogen-bond acceptors (Lipinski definition) is 4. The van der Waals surface area contributed by atoms with E-state index in [2.05, 4.69) is 22.3 Å². The first-order valence-electron chi connectivity index (χ1n) is 8.47. The number of carboxylic acids is 1. The highest BCUT2D eigenvalue weighted by atomic mass is 16.4. The van der Waals surface area contributed by atoms with Crippen molar-refractivity contribution in [1.82, 2.24) is 5.32 Å². The van der Waals surface area contributed by atoms with Crippen LogP contribution in [0.4, 0.5) is 0 Å². The Morgan fingerprint density at radius 2 is 1.85 bits per heavy atom. The Hall–Kier alpha value is -3.59. The molecule has 2 aromatic carbocycles. The molecule has 1 unspecified atom stereocenters. The van der Waals surface area contributed by atoms with E-state index >= 15 is 0 Å². The van der Waals surface area contributed by atoms with Crippen LogP contribution in [0, 0.1) is 11.8 Å². The highest BCUT2D eigenvalue weighted by Gasteiger charge is 2.17. The van der Waals surface area contributed by atoms with E-state index in [4.69, 9.17) is 10.9 Å². The van der Waals surface area contributed by atoms with Crippen molar-refractivity contribution < 1.29 is 14.7 Å². The summed E-state index contributed by atoms with van der Waals surface area (Å²) in [7, 11) is 0. The lowest BCUT2D eigenvalue weighted by Crippen LogP contribution is -2.29. The minimum Gasteiger partial charge on any atom is -0.481 e. The van der Waals surface area contributed by atoms with E-state index < -0.39 is 12.0 Å². The van der Waals surface area contributed by atoms with Crippen LogP contribution in [-0.4, -0.2) is 23.2 Å². The summed E-state index contributed by atoms with van der Waals surface area (Å²) in [5.74, 6) is 9.84. The number of carbonyl (C=O) groups is 2. The number of hydrazone groups is 1. The van der Waals surface area contributed by atoms with Crippen molar-refractivity contribution in [3.8, 4) is 11.8 Å². The van der Waals surface area contributed by atoms with Gasteiger partial charge in [-0.25, -0.2) is 0 Å².